The molecule has 3 rings (SSSR count). The summed E-state index contributed by atoms with van der Waals surface area (Å²) in [6, 6.07) is 30.5. The van der Waals surface area contributed by atoms with E-state index in [4.69, 9.17) is 12.2 Å². The van der Waals surface area contributed by atoms with Gasteiger partial charge in [-0.15, -0.1) is 0 Å². The second-order valence-corrected chi connectivity index (χ2v) is 7.05. The van der Waals surface area contributed by atoms with E-state index >= 15 is 0 Å². The number of rotatable bonds is 4. The van der Waals surface area contributed by atoms with Gasteiger partial charge in [0.2, 0.25) is 0 Å². The number of hydrogen-bond acceptors (Lipinski definition) is 3. The first-order valence-corrected chi connectivity index (χ1v) is 8.88. The number of thioether (sulfide) groups is 1. The van der Waals surface area contributed by atoms with Crippen molar-refractivity contribution in [1.29, 1.82) is 5.26 Å². The third-order valence-corrected chi connectivity index (χ3v) is 5.26. The van der Waals surface area contributed by atoms with Crippen LogP contribution in [0.5, 0.6) is 0 Å². The summed E-state index contributed by atoms with van der Waals surface area (Å²) in [5, 5.41) is 9.15. The third kappa shape index (κ3) is 3.91. The van der Waals surface area contributed by atoms with E-state index < -0.39 is 0 Å². The van der Waals surface area contributed by atoms with Crippen molar-refractivity contribution in [3.8, 4) is 17.2 Å². The maximum Gasteiger partial charge on any atom is 0.122 e. The number of thiocarbonyl (C=S) groups is 1. The van der Waals surface area contributed by atoms with E-state index in [1.807, 2.05) is 60.7 Å². The SMILES string of the molecule is N#CC(SC(=S)c1ccc(-c2ccccc2)cc1)c1ccccc1. The smallest absolute Gasteiger partial charge is 0.122 e. The molecular formula is C21H15NS2. The fourth-order valence-electron chi connectivity index (χ4n) is 2.40. The van der Waals surface area contributed by atoms with Crippen LogP contribution in [-0.4, -0.2) is 4.20 Å². The molecule has 0 saturated carbocycles. The molecule has 0 fully saturated rings. The lowest BCUT2D eigenvalue weighted by atomic mass is 10.0. The average molecular weight is 345 g/mol. The van der Waals surface area contributed by atoms with Crippen molar-refractivity contribution in [2.75, 3.05) is 0 Å². The Morgan fingerprint density at radius 3 is 1.92 bits per heavy atom. The summed E-state index contributed by atoms with van der Waals surface area (Å²) in [4.78, 5) is 0. The maximum absolute atomic E-state index is 9.44. The number of benzene rings is 3. The normalized spacial score (nSPS) is 11.5. The molecule has 116 valence electrons. The molecule has 0 radical (unpaired) electrons. The summed E-state index contributed by atoms with van der Waals surface area (Å²) >= 11 is 6.96. The predicted molar refractivity (Wildman–Crippen MR) is 106 cm³/mol. The summed E-state index contributed by atoms with van der Waals surface area (Å²) in [5.74, 6) is 0. The first-order valence-electron chi connectivity index (χ1n) is 7.59. The standard InChI is InChI=1S/C21H15NS2/c22-15-20(18-9-5-2-6-10-18)24-21(23)19-13-11-17(12-14-19)16-7-3-1-4-8-16/h1-14,20H. The Balaban J connectivity index is 1.75. The Kier molecular flexibility index (Phi) is 5.43. The van der Waals surface area contributed by atoms with Crippen LogP contribution in [0.15, 0.2) is 84.9 Å². The molecule has 0 bridgehead atoms. The molecule has 0 aromatic heterocycles. The molecule has 3 heteroatoms. The van der Waals surface area contributed by atoms with Gasteiger partial charge in [0.1, 0.15) is 5.25 Å². The maximum atomic E-state index is 9.44. The van der Waals surface area contributed by atoms with Gasteiger partial charge in [-0.05, 0) is 22.3 Å². The van der Waals surface area contributed by atoms with Crippen molar-refractivity contribution in [2.45, 2.75) is 5.25 Å². The van der Waals surface area contributed by atoms with Gasteiger partial charge in [0.15, 0.2) is 0 Å². The fraction of sp³-hybridized carbons (Fsp3) is 0.0476. The van der Waals surface area contributed by atoms with Crippen molar-refractivity contribution in [3.05, 3.63) is 96.1 Å². The minimum absolute atomic E-state index is 0.285. The summed E-state index contributed by atoms with van der Waals surface area (Å²) in [7, 11) is 0. The first-order chi connectivity index (χ1) is 11.8. The van der Waals surface area contributed by atoms with Crippen molar-refractivity contribution in [1.82, 2.24) is 0 Å². The lowest BCUT2D eigenvalue weighted by Gasteiger charge is -2.11. The Hall–Kier alpha value is -2.41. The second-order valence-electron chi connectivity index (χ2n) is 5.27. The van der Waals surface area contributed by atoms with Crippen molar-refractivity contribution >= 4 is 28.2 Å². The number of nitriles is 1. The summed E-state index contributed by atoms with van der Waals surface area (Å²) in [5.41, 5.74) is 4.30. The van der Waals surface area contributed by atoms with Crippen LogP contribution < -0.4 is 0 Å². The zero-order chi connectivity index (χ0) is 16.8. The van der Waals surface area contributed by atoms with Crippen LogP contribution >= 0.6 is 24.0 Å². The molecule has 3 aromatic rings. The Morgan fingerprint density at radius 2 is 1.33 bits per heavy atom. The summed E-state index contributed by atoms with van der Waals surface area (Å²) < 4.78 is 0.741. The minimum atomic E-state index is -0.285. The van der Waals surface area contributed by atoms with E-state index in [0.29, 0.717) is 0 Å². The quantitative estimate of drug-likeness (QED) is 0.540. The van der Waals surface area contributed by atoms with E-state index in [0.717, 1.165) is 20.9 Å². The molecule has 0 N–H and O–H groups in total. The topological polar surface area (TPSA) is 23.8 Å². The zero-order valence-electron chi connectivity index (χ0n) is 12.9. The van der Waals surface area contributed by atoms with Gasteiger partial charge < -0.3 is 0 Å². The first kappa shape index (κ1) is 16.4. The lowest BCUT2D eigenvalue weighted by Crippen LogP contribution is -1.98. The van der Waals surface area contributed by atoms with Crippen LogP contribution in [-0.2, 0) is 0 Å². The van der Waals surface area contributed by atoms with Crippen molar-refractivity contribution < 1.29 is 0 Å². The molecule has 0 aliphatic rings. The molecule has 1 unspecified atom stereocenters. The van der Waals surface area contributed by atoms with Gasteiger partial charge in [-0.2, -0.15) is 5.26 Å². The molecule has 24 heavy (non-hydrogen) atoms. The van der Waals surface area contributed by atoms with E-state index in [1.165, 1.54) is 17.3 Å². The second kappa shape index (κ2) is 7.92. The molecule has 3 aromatic carbocycles. The Labute approximate surface area is 152 Å². The van der Waals surface area contributed by atoms with Crippen LogP contribution in [0, 0.1) is 11.3 Å². The van der Waals surface area contributed by atoms with Crippen LogP contribution in [0.25, 0.3) is 11.1 Å². The Bertz CT molecular complexity index is 850. The molecule has 0 aliphatic heterocycles. The van der Waals surface area contributed by atoms with Gasteiger partial charge in [0.05, 0.1) is 10.3 Å². The molecule has 0 heterocycles. The zero-order valence-corrected chi connectivity index (χ0v) is 14.6. The Morgan fingerprint density at radius 1 is 0.792 bits per heavy atom. The van der Waals surface area contributed by atoms with Gasteiger partial charge in [-0.25, -0.2) is 0 Å². The summed E-state index contributed by atoms with van der Waals surface area (Å²) in [6.07, 6.45) is 0. The number of hydrogen-bond donors (Lipinski definition) is 0. The molecule has 1 atom stereocenters. The molecule has 0 aliphatic carbocycles. The largest absolute Gasteiger partial charge is 0.197 e. The van der Waals surface area contributed by atoms with Gasteiger partial charge >= 0.3 is 0 Å². The fourth-order valence-corrected chi connectivity index (χ4v) is 3.66. The monoisotopic (exact) mass is 345 g/mol. The van der Waals surface area contributed by atoms with Gasteiger partial charge in [0.25, 0.3) is 0 Å². The number of nitrogens with zero attached hydrogens (tertiary/aromatic N) is 1. The van der Waals surface area contributed by atoms with Gasteiger partial charge in [-0.1, -0.05) is 109 Å². The molecular weight excluding hydrogens is 330 g/mol. The van der Waals surface area contributed by atoms with Gasteiger partial charge in [-0.3, -0.25) is 0 Å². The molecule has 0 amide bonds. The van der Waals surface area contributed by atoms with E-state index in [-0.39, 0.29) is 5.25 Å². The van der Waals surface area contributed by atoms with Crippen molar-refractivity contribution in [2.24, 2.45) is 0 Å². The van der Waals surface area contributed by atoms with Crippen LogP contribution in [0.4, 0.5) is 0 Å². The molecule has 1 nitrogen and oxygen atoms in total. The van der Waals surface area contributed by atoms with E-state index in [9.17, 15) is 5.26 Å². The average Bonchev–Trinajstić information content (AvgIpc) is 2.67. The third-order valence-electron chi connectivity index (χ3n) is 3.67. The minimum Gasteiger partial charge on any atom is -0.197 e. The highest BCUT2D eigenvalue weighted by Gasteiger charge is 2.14. The molecule has 0 saturated heterocycles. The van der Waals surface area contributed by atoms with Crippen LogP contribution in [0.1, 0.15) is 16.4 Å². The summed E-state index contributed by atoms with van der Waals surface area (Å²) in [6.45, 7) is 0. The highest BCUT2D eigenvalue weighted by atomic mass is 32.2. The van der Waals surface area contributed by atoms with E-state index in [2.05, 4.69) is 30.3 Å². The highest BCUT2D eigenvalue weighted by Crippen LogP contribution is 2.32. The van der Waals surface area contributed by atoms with Crippen LogP contribution in [0.2, 0.25) is 0 Å². The molecule has 0 spiro atoms. The predicted octanol–water partition coefficient (Wildman–Crippen LogP) is 6.03. The highest BCUT2D eigenvalue weighted by molar-refractivity contribution is 8.23. The van der Waals surface area contributed by atoms with Crippen molar-refractivity contribution in [3.63, 3.8) is 0 Å². The van der Waals surface area contributed by atoms with Gasteiger partial charge in [0, 0.05) is 0 Å². The van der Waals surface area contributed by atoms with E-state index in [1.54, 1.807) is 0 Å². The lowest BCUT2D eigenvalue weighted by molar-refractivity contribution is 1.23. The van der Waals surface area contributed by atoms with Crippen LogP contribution in [0.3, 0.4) is 0 Å².